The van der Waals surface area contributed by atoms with E-state index in [2.05, 4.69) is 6.58 Å². The van der Waals surface area contributed by atoms with Crippen LogP contribution in [0.5, 0.6) is 5.75 Å². The van der Waals surface area contributed by atoms with E-state index in [9.17, 15) is 14.8 Å². The highest BCUT2D eigenvalue weighted by atomic mass is 16.6. The molecule has 7 heteroatoms. The van der Waals surface area contributed by atoms with E-state index in [1.54, 1.807) is 36.3 Å². The summed E-state index contributed by atoms with van der Waals surface area (Å²) in [6, 6.07) is 16.5. The summed E-state index contributed by atoms with van der Waals surface area (Å²) >= 11 is 0. The van der Waals surface area contributed by atoms with Crippen molar-refractivity contribution in [3.05, 3.63) is 84.6 Å². The lowest BCUT2D eigenvalue weighted by molar-refractivity contribution is -0.884. The minimum atomic E-state index is -0.322. The normalized spacial score (nSPS) is 17.7. The zero-order chi connectivity index (χ0) is 24.8. The lowest BCUT2D eigenvalue weighted by atomic mass is 9.81. The van der Waals surface area contributed by atoms with Crippen molar-refractivity contribution in [2.75, 3.05) is 20.2 Å². The van der Waals surface area contributed by atoms with Crippen LogP contribution in [0.4, 0.5) is 4.79 Å². The van der Waals surface area contributed by atoms with Crippen molar-refractivity contribution in [1.29, 1.82) is 0 Å². The molecular formula is C28H31N2O5+. The number of methoxy groups -OCH3 is 1. The molecule has 0 aliphatic carbocycles. The molecule has 1 N–H and O–H groups in total. The molecule has 0 spiro atoms. The molecule has 7 nitrogen and oxygen atoms in total. The van der Waals surface area contributed by atoms with Gasteiger partial charge >= 0.3 is 6.09 Å². The number of aromatic nitrogens is 1. The van der Waals surface area contributed by atoms with Crippen molar-refractivity contribution in [2.45, 2.75) is 25.9 Å². The van der Waals surface area contributed by atoms with Gasteiger partial charge in [-0.15, -0.1) is 6.58 Å². The quantitative estimate of drug-likeness (QED) is 0.219. The number of ether oxygens (including phenoxy) is 2. The number of benzene rings is 2. The molecule has 1 aliphatic rings. The van der Waals surface area contributed by atoms with Gasteiger partial charge < -0.3 is 14.4 Å². The Kier molecular flexibility index (Phi) is 7.65. The first kappa shape index (κ1) is 24.3. The van der Waals surface area contributed by atoms with Crippen molar-refractivity contribution in [2.24, 2.45) is 11.8 Å². The number of ketones is 1. The SMILES string of the molecule is C=CC1CN(C(=O)OCc2ccccc2)CCC1CCC(=O)c1cc[n+](O)c2ccc(OC)cc12. The van der Waals surface area contributed by atoms with Crippen LogP contribution < -0.4 is 9.47 Å². The van der Waals surface area contributed by atoms with E-state index >= 15 is 0 Å². The predicted octanol–water partition coefficient (Wildman–Crippen LogP) is 4.80. The Morgan fingerprint density at radius 2 is 2.00 bits per heavy atom. The van der Waals surface area contributed by atoms with Gasteiger partial charge in [-0.25, -0.2) is 4.79 Å². The summed E-state index contributed by atoms with van der Waals surface area (Å²) in [4.78, 5) is 27.5. The van der Waals surface area contributed by atoms with Gasteiger partial charge in [0, 0.05) is 41.9 Å². The van der Waals surface area contributed by atoms with Crippen molar-refractivity contribution >= 4 is 22.8 Å². The van der Waals surface area contributed by atoms with Gasteiger partial charge in [-0.2, -0.15) is 0 Å². The second-order valence-electron chi connectivity index (χ2n) is 8.85. The Hall–Kier alpha value is -3.87. The molecule has 0 bridgehead atoms. The maximum Gasteiger partial charge on any atom is 0.410 e. The summed E-state index contributed by atoms with van der Waals surface area (Å²) in [5, 5.41) is 10.8. The van der Waals surface area contributed by atoms with Crippen LogP contribution in [0, 0.1) is 11.8 Å². The minimum Gasteiger partial charge on any atom is -0.497 e. The fourth-order valence-electron chi connectivity index (χ4n) is 4.70. The molecule has 4 rings (SSSR count). The van der Waals surface area contributed by atoms with E-state index < -0.39 is 0 Å². The largest absolute Gasteiger partial charge is 0.497 e. The molecule has 2 atom stereocenters. The zero-order valence-corrected chi connectivity index (χ0v) is 19.9. The topological polar surface area (TPSA) is 80.0 Å². The summed E-state index contributed by atoms with van der Waals surface area (Å²) in [7, 11) is 1.57. The first-order chi connectivity index (χ1) is 17.0. The third kappa shape index (κ3) is 5.62. The molecule has 2 heterocycles. The minimum absolute atomic E-state index is 0.0105. The van der Waals surface area contributed by atoms with E-state index in [0.29, 0.717) is 48.1 Å². The van der Waals surface area contributed by atoms with E-state index in [1.165, 1.54) is 6.20 Å². The van der Waals surface area contributed by atoms with Crippen molar-refractivity contribution in [3.8, 4) is 5.75 Å². The maximum atomic E-state index is 13.2. The van der Waals surface area contributed by atoms with Crippen LogP contribution in [0.3, 0.4) is 0 Å². The number of piperidine rings is 1. The van der Waals surface area contributed by atoms with Gasteiger partial charge in [0.2, 0.25) is 6.20 Å². The van der Waals surface area contributed by atoms with E-state index in [0.717, 1.165) is 16.7 Å². The fourth-order valence-corrected chi connectivity index (χ4v) is 4.70. The summed E-state index contributed by atoms with van der Waals surface area (Å²) in [6.07, 6.45) is 4.89. The third-order valence-electron chi connectivity index (χ3n) is 6.74. The van der Waals surface area contributed by atoms with Crippen LogP contribution in [0.25, 0.3) is 10.9 Å². The summed E-state index contributed by atoms with van der Waals surface area (Å²) < 4.78 is 11.8. The van der Waals surface area contributed by atoms with Gasteiger partial charge in [0.15, 0.2) is 5.78 Å². The molecule has 2 aromatic carbocycles. The Morgan fingerprint density at radius 3 is 2.74 bits per heavy atom. The molecule has 1 aromatic heterocycles. The molecule has 182 valence electrons. The highest BCUT2D eigenvalue weighted by molar-refractivity contribution is 6.06. The van der Waals surface area contributed by atoms with Gasteiger partial charge in [-0.05, 0) is 42.4 Å². The zero-order valence-electron chi connectivity index (χ0n) is 19.9. The molecule has 0 saturated carbocycles. The second-order valence-corrected chi connectivity index (χ2v) is 8.85. The second kappa shape index (κ2) is 11.0. The number of rotatable bonds is 8. The maximum absolute atomic E-state index is 13.2. The van der Waals surface area contributed by atoms with Gasteiger partial charge in [0.1, 0.15) is 12.4 Å². The number of carbonyl (C=O) groups is 2. The van der Waals surface area contributed by atoms with Crippen molar-refractivity contribution in [3.63, 3.8) is 0 Å². The Bertz CT molecular complexity index is 1210. The first-order valence-corrected chi connectivity index (χ1v) is 11.8. The van der Waals surface area contributed by atoms with E-state index in [-0.39, 0.29) is 30.3 Å². The number of fused-ring (bicyclic) bond motifs is 1. The fraction of sp³-hybridized carbons (Fsp3) is 0.321. The Labute approximate surface area is 205 Å². The van der Waals surface area contributed by atoms with Crippen molar-refractivity contribution < 1.29 is 29.0 Å². The number of nitrogens with zero attached hydrogens (tertiary/aromatic N) is 2. The van der Waals surface area contributed by atoms with E-state index in [1.807, 2.05) is 36.4 Å². The number of amides is 1. The average Bonchev–Trinajstić information content (AvgIpc) is 2.90. The van der Waals surface area contributed by atoms with Gasteiger partial charge in [0.05, 0.1) is 12.5 Å². The highest BCUT2D eigenvalue weighted by Crippen LogP contribution is 2.30. The molecule has 3 aromatic rings. The Balaban J connectivity index is 1.36. The molecule has 35 heavy (non-hydrogen) atoms. The lowest BCUT2D eigenvalue weighted by Crippen LogP contribution is -2.43. The Morgan fingerprint density at radius 1 is 1.20 bits per heavy atom. The van der Waals surface area contributed by atoms with Crippen molar-refractivity contribution in [1.82, 2.24) is 4.90 Å². The molecule has 1 amide bonds. The number of carbonyl (C=O) groups excluding carboxylic acids is 2. The lowest BCUT2D eigenvalue weighted by Gasteiger charge is -2.36. The average molecular weight is 476 g/mol. The first-order valence-electron chi connectivity index (χ1n) is 11.8. The number of hydrogen-bond donors (Lipinski definition) is 1. The molecule has 1 fully saturated rings. The summed E-state index contributed by atoms with van der Waals surface area (Å²) in [6.45, 7) is 5.34. The molecule has 1 aliphatic heterocycles. The number of pyridine rings is 1. The number of hydrogen-bond acceptors (Lipinski definition) is 5. The standard InChI is InChI=1S/C28H31N2O5/c1-3-21-18-29(28(32)35-19-20-7-5-4-6-8-20)15-13-22(21)9-12-27(31)24-14-16-30(33)26-11-10-23(34-2)17-25(24)26/h3-8,10-11,14,16-17,21-22,33H,1,9,12-13,15,18-19H2,2H3/q+1. The van der Waals surface area contributed by atoms with Gasteiger partial charge in [-0.3, -0.25) is 10.0 Å². The number of Topliss-reactive ketones (excluding diaryl/α,β-unsaturated/α-hetero) is 1. The van der Waals surface area contributed by atoms with Gasteiger partial charge in [-0.1, -0.05) is 36.4 Å². The van der Waals surface area contributed by atoms with Gasteiger partial charge in [0.25, 0.3) is 5.52 Å². The summed E-state index contributed by atoms with van der Waals surface area (Å²) in [5.41, 5.74) is 2.05. The highest BCUT2D eigenvalue weighted by Gasteiger charge is 2.31. The van der Waals surface area contributed by atoms with E-state index in [4.69, 9.17) is 9.47 Å². The molecule has 1 saturated heterocycles. The van der Waals surface area contributed by atoms with Crippen LogP contribution in [0.15, 0.2) is 73.4 Å². The van der Waals surface area contributed by atoms with Crippen LogP contribution in [-0.4, -0.2) is 42.2 Å². The smallest absolute Gasteiger partial charge is 0.410 e. The monoisotopic (exact) mass is 475 g/mol. The van der Waals surface area contributed by atoms with Crippen LogP contribution >= 0.6 is 0 Å². The molecule has 2 unspecified atom stereocenters. The van der Waals surface area contributed by atoms with Crippen LogP contribution in [-0.2, 0) is 11.3 Å². The number of likely N-dealkylation sites (tertiary alicyclic amines) is 1. The van der Waals surface area contributed by atoms with Crippen LogP contribution in [0.1, 0.15) is 35.2 Å². The summed E-state index contributed by atoms with van der Waals surface area (Å²) in [5.74, 6) is 0.974. The molecular weight excluding hydrogens is 444 g/mol. The predicted molar refractivity (Wildman–Crippen MR) is 131 cm³/mol. The van der Waals surface area contributed by atoms with Crippen LogP contribution in [0.2, 0.25) is 0 Å². The molecule has 0 radical (unpaired) electrons. The third-order valence-corrected chi connectivity index (χ3v) is 6.74.